The highest BCUT2D eigenvalue weighted by Crippen LogP contribution is 2.43. The molecule has 2 N–H and O–H groups in total. The van der Waals surface area contributed by atoms with Crippen LogP contribution >= 0.6 is 0 Å². The molecule has 9 rings (SSSR count). The summed E-state index contributed by atoms with van der Waals surface area (Å²) in [5, 5.41) is 19.2. The fourth-order valence-electron chi connectivity index (χ4n) is 7.11. The molecule has 2 heterocycles. The molecule has 0 radical (unpaired) electrons. The third-order valence-electron chi connectivity index (χ3n) is 9.80. The molecule has 7 aromatic carbocycles. The van der Waals surface area contributed by atoms with Crippen molar-refractivity contribution in [3.8, 4) is 17.2 Å². The number of aliphatic imine (C=N–C) groups is 2. The maximum absolute atomic E-state index is 9.49. The molecule has 2 aliphatic heterocycles. The number of nitriles is 1. The first-order chi connectivity index (χ1) is 25.7. The highest BCUT2D eigenvalue weighted by atomic mass is 15.2. The zero-order chi connectivity index (χ0) is 34.9. The Morgan fingerprint density at radius 2 is 1.15 bits per heavy atom. The van der Waals surface area contributed by atoms with Gasteiger partial charge in [0.1, 0.15) is 12.0 Å². The van der Waals surface area contributed by atoms with E-state index in [2.05, 4.69) is 138 Å². The number of rotatable bonds is 6. The number of benzene rings is 7. The van der Waals surface area contributed by atoms with Crippen molar-refractivity contribution in [2.24, 2.45) is 9.98 Å². The van der Waals surface area contributed by atoms with Crippen LogP contribution in [0.2, 0.25) is 0 Å². The van der Waals surface area contributed by atoms with E-state index in [9.17, 15) is 5.26 Å². The van der Waals surface area contributed by atoms with Crippen molar-refractivity contribution in [3.63, 3.8) is 0 Å². The average Bonchev–Trinajstić information content (AvgIpc) is 3.24. The fraction of sp³-hybridized carbons (Fsp3) is 0.0426. The van der Waals surface area contributed by atoms with Gasteiger partial charge >= 0.3 is 0 Å². The molecule has 2 atom stereocenters. The molecule has 2 unspecified atom stereocenters. The number of amidine groups is 2. The first kappa shape index (κ1) is 31.0. The summed E-state index contributed by atoms with van der Waals surface area (Å²) < 4.78 is 0. The molecule has 0 amide bonds. The number of nitrogens with one attached hydrogen (secondary N) is 2. The number of fused-ring (bicyclic) bond motifs is 3. The summed E-state index contributed by atoms with van der Waals surface area (Å²) in [7, 11) is 0. The molecule has 5 nitrogen and oxygen atoms in total. The summed E-state index contributed by atoms with van der Waals surface area (Å²) in [6.45, 7) is 0. The van der Waals surface area contributed by atoms with Crippen molar-refractivity contribution in [2.45, 2.75) is 12.2 Å². The van der Waals surface area contributed by atoms with Crippen LogP contribution in [0.5, 0.6) is 0 Å². The molecule has 0 aliphatic carbocycles. The van der Waals surface area contributed by atoms with Crippen molar-refractivity contribution in [1.82, 2.24) is 5.32 Å². The maximum atomic E-state index is 9.49. The van der Waals surface area contributed by atoms with Crippen LogP contribution in [0.4, 0.5) is 5.69 Å². The number of hydrogen-bond acceptors (Lipinski definition) is 5. The minimum atomic E-state index is -0.247. The topological polar surface area (TPSA) is 72.6 Å². The van der Waals surface area contributed by atoms with E-state index < -0.39 is 0 Å². The molecule has 0 spiro atoms. The highest BCUT2D eigenvalue weighted by Gasteiger charge is 2.24. The van der Waals surface area contributed by atoms with Gasteiger partial charge in [-0.3, -0.25) is 0 Å². The van der Waals surface area contributed by atoms with E-state index in [1.807, 2.05) is 54.6 Å². The van der Waals surface area contributed by atoms with Gasteiger partial charge in [-0.05, 0) is 74.5 Å². The Labute approximate surface area is 303 Å². The Kier molecular flexibility index (Phi) is 7.96. The minimum Gasteiger partial charge on any atom is -0.374 e. The largest absolute Gasteiger partial charge is 0.374 e. The summed E-state index contributed by atoms with van der Waals surface area (Å²) in [6, 6.07) is 60.8. The van der Waals surface area contributed by atoms with Gasteiger partial charge in [-0.1, -0.05) is 146 Å². The zero-order valence-electron chi connectivity index (χ0n) is 28.2. The Morgan fingerprint density at radius 1 is 0.538 bits per heavy atom. The smallest absolute Gasteiger partial charge is 0.159 e. The fourth-order valence-corrected chi connectivity index (χ4v) is 7.11. The lowest BCUT2D eigenvalue weighted by Crippen LogP contribution is -2.33. The van der Waals surface area contributed by atoms with E-state index in [1.165, 1.54) is 10.9 Å². The molecular formula is C47H33N5. The van der Waals surface area contributed by atoms with E-state index in [-0.39, 0.29) is 12.2 Å². The molecule has 2 aliphatic rings. The minimum absolute atomic E-state index is 0.0111. The van der Waals surface area contributed by atoms with Gasteiger partial charge < -0.3 is 10.6 Å². The summed E-state index contributed by atoms with van der Waals surface area (Å²) in [5.41, 5.74) is 11.6. The van der Waals surface area contributed by atoms with Crippen molar-refractivity contribution in [1.29, 1.82) is 5.26 Å². The Morgan fingerprint density at radius 3 is 1.87 bits per heavy atom. The van der Waals surface area contributed by atoms with Gasteiger partial charge in [0.25, 0.3) is 0 Å². The molecule has 5 heteroatoms. The first-order valence-corrected chi connectivity index (χ1v) is 17.5. The van der Waals surface area contributed by atoms with Crippen molar-refractivity contribution < 1.29 is 0 Å². The van der Waals surface area contributed by atoms with Crippen LogP contribution in [0.15, 0.2) is 186 Å². The van der Waals surface area contributed by atoms with E-state index in [4.69, 9.17) is 9.98 Å². The monoisotopic (exact) mass is 667 g/mol. The second kappa shape index (κ2) is 13.4. The summed E-state index contributed by atoms with van der Waals surface area (Å²) in [4.78, 5) is 10.0. The molecule has 0 fully saturated rings. The highest BCUT2D eigenvalue weighted by molar-refractivity contribution is 6.13. The molecule has 0 saturated carbocycles. The second-order valence-electron chi connectivity index (χ2n) is 13.0. The van der Waals surface area contributed by atoms with Crippen LogP contribution in [-0.2, 0) is 0 Å². The molecule has 0 aromatic heterocycles. The van der Waals surface area contributed by atoms with Crippen molar-refractivity contribution in [2.75, 3.05) is 5.32 Å². The van der Waals surface area contributed by atoms with Gasteiger partial charge in [-0.2, -0.15) is 5.26 Å². The average molecular weight is 668 g/mol. The van der Waals surface area contributed by atoms with Gasteiger partial charge in [0.15, 0.2) is 5.84 Å². The molecule has 246 valence electrons. The van der Waals surface area contributed by atoms with E-state index >= 15 is 0 Å². The number of anilines is 1. The quantitative estimate of drug-likeness (QED) is 0.185. The van der Waals surface area contributed by atoms with Crippen molar-refractivity contribution in [3.05, 3.63) is 215 Å². The predicted octanol–water partition coefficient (Wildman–Crippen LogP) is 10.5. The van der Waals surface area contributed by atoms with Crippen LogP contribution in [0.3, 0.4) is 0 Å². The van der Waals surface area contributed by atoms with Crippen LogP contribution < -0.4 is 10.6 Å². The lowest BCUT2D eigenvalue weighted by Gasteiger charge is -2.28. The SMILES string of the molecule is N#Cc1ccc(C2=CC(c3ccccc3)Nc3ccc4ccc(-c5ccc(C6=NC(c7ccccc7)NC(c7ccccc7)=N6)cc5)cc4c32)cc1. The Hall–Kier alpha value is -7.03. The molecule has 52 heavy (non-hydrogen) atoms. The van der Waals surface area contributed by atoms with Crippen molar-refractivity contribution >= 4 is 33.7 Å². The normalized spacial score (nSPS) is 16.3. The zero-order valence-corrected chi connectivity index (χ0v) is 28.2. The predicted molar refractivity (Wildman–Crippen MR) is 212 cm³/mol. The van der Waals surface area contributed by atoms with Gasteiger partial charge in [-0.15, -0.1) is 0 Å². The summed E-state index contributed by atoms with van der Waals surface area (Å²) in [6.07, 6.45) is 2.07. The lowest BCUT2D eigenvalue weighted by atomic mass is 9.85. The van der Waals surface area contributed by atoms with E-state index in [0.29, 0.717) is 11.4 Å². The van der Waals surface area contributed by atoms with Crippen LogP contribution in [0.1, 0.15) is 51.2 Å². The van der Waals surface area contributed by atoms with Gasteiger partial charge in [0, 0.05) is 22.4 Å². The van der Waals surface area contributed by atoms with Crippen LogP contribution in [0.25, 0.3) is 27.5 Å². The molecular weight excluding hydrogens is 635 g/mol. The van der Waals surface area contributed by atoms with E-state index in [1.54, 1.807) is 0 Å². The van der Waals surface area contributed by atoms with Gasteiger partial charge in [0.2, 0.25) is 0 Å². The first-order valence-electron chi connectivity index (χ1n) is 17.5. The number of hydrogen-bond donors (Lipinski definition) is 2. The summed E-state index contributed by atoms with van der Waals surface area (Å²) in [5.74, 6) is 1.50. The van der Waals surface area contributed by atoms with Gasteiger partial charge in [0.05, 0.1) is 17.7 Å². The molecule has 7 aromatic rings. The molecule has 0 saturated heterocycles. The third kappa shape index (κ3) is 5.93. The Balaban J connectivity index is 1.10. The Bertz CT molecular complexity index is 2550. The van der Waals surface area contributed by atoms with Gasteiger partial charge in [-0.25, -0.2) is 9.98 Å². The summed E-state index contributed by atoms with van der Waals surface area (Å²) >= 11 is 0. The van der Waals surface area contributed by atoms with Crippen LogP contribution in [-0.4, -0.2) is 11.7 Å². The second-order valence-corrected chi connectivity index (χ2v) is 13.0. The van der Waals surface area contributed by atoms with E-state index in [0.717, 1.165) is 61.4 Å². The maximum Gasteiger partial charge on any atom is 0.159 e. The molecule has 0 bridgehead atoms. The lowest BCUT2D eigenvalue weighted by molar-refractivity contribution is 0.674. The number of nitrogens with zero attached hydrogens (tertiary/aromatic N) is 3. The third-order valence-corrected chi connectivity index (χ3v) is 9.80. The van der Waals surface area contributed by atoms with Crippen LogP contribution in [0, 0.1) is 11.3 Å². The standard InChI is InChI=1S/C47H33N5/c48-30-31-16-18-33(19-17-31)41-29-43(35-10-4-1-5-11-35)49-42-27-26-34-22-25-39(28-40(34)44(41)42)32-20-23-38(24-21-32)47-51-45(36-12-6-2-7-13-36)50-46(52-47)37-14-8-3-9-15-37/h1-29,43,45,49H,(H,50,51,52).